The van der Waals surface area contributed by atoms with Gasteiger partial charge in [0, 0.05) is 18.4 Å². The zero-order valence-corrected chi connectivity index (χ0v) is 17.3. The van der Waals surface area contributed by atoms with Crippen molar-refractivity contribution < 1.29 is 19.5 Å². The van der Waals surface area contributed by atoms with E-state index in [1.807, 2.05) is 26.0 Å². The molecule has 0 aromatic heterocycles. The summed E-state index contributed by atoms with van der Waals surface area (Å²) < 4.78 is 0. The summed E-state index contributed by atoms with van der Waals surface area (Å²) in [5.41, 5.74) is 3.92. The lowest BCUT2D eigenvalue weighted by atomic mass is 10.0. The number of hydrogen-bond acceptors (Lipinski definition) is 5. The molecule has 1 aliphatic heterocycles. The van der Waals surface area contributed by atoms with Crippen LogP contribution in [0, 0.1) is 13.8 Å². The van der Waals surface area contributed by atoms with Crippen molar-refractivity contribution >= 4 is 46.4 Å². The molecule has 0 aliphatic carbocycles. The van der Waals surface area contributed by atoms with Gasteiger partial charge in [-0.3, -0.25) is 14.4 Å². The molecule has 2 aromatic carbocycles. The van der Waals surface area contributed by atoms with E-state index in [1.165, 1.54) is 23.6 Å². The number of carbonyl (C=O) groups is 3. The van der Waals surface area contributed by atoms with Crippen molar-refractivity contribution in [3.63, 3.8) is 0 Å². The molecule has 0 saturated carbocycles. The van der Waals surface area contributed by atoms with Crippen LogP contribution in [-0.2, 0) is 14.4 Å². The van der Waals surface area contributed by atoms with Crippen LogP contribution in [0.2, 0.25) is 0 Å². The fraction of sp³-hybridized carbons (Fsp3) is 0.227. The number of rotatable bonds is 6. The standard InChI is InChI=1S/C22H22N2O4S/c1-13-5-4-6-18(14(13)2)24-21(27)19(20(22(24)28)29-12-11-25)16-7-9-17(10-8-16)23-15(3)26/h4-10,25H,11-12H2,1-3H3,(H,23,26). The molecule has 1 aliphatic rings. The quantitative estimate of drug-likeness (QED) is 0.714. The maximum atomic E-state index is 13.3. The third-order valence-corrected chi connectivity index (χ3v) is 5.74. The molecule has 0 atom stereocenters. The molecular weight excluding hydrogens is 388 g/mol. The van der Waals surface area contributed by atoms with E-state index in [2.05, 4.69) is 5.32 Å². The van der Waals surface area contributed by atoms with Crippen LogP contribution in [-0.4, -0.2) is 35.2 Å². The van der Waals surface area contributed by atoms with Crippen LogP contribution in [0.4, 0.5) is 11.4 Å². The highest BCUT2D eigenvalue weighted by Gasteiger charge is 2.40. The number of aliphatic hydroxyl groups excluding tert-OH is 1. The number of aryl methyl sites for hydroxylation is 1. The van der Waals surface area contributed by atoms with Gasteiger partial charge in [-0.2, -0.15) is 0 Å². The summed E-state index contributed by atoms with van der Waals surface area (Å²) in [6.07, 6.45) is 0. The smallest absolute Gasteiger partial charge is 0.272 e. The molecule has 3 amide bonds. The minimum Gasteiger partial charge on any atom is -0.396 e. The lowest BCUT2D eigenvalue weighted by molar-refractivity contribution is -0.120. The van der Waals surface area contributed by atoms with Crippen LogP contribution in [0.3, 0.4) is 0 Å². The predicted octanol–water partition coefficient (Wildman–Crippen LogP) is 3.27. The maximum Gasteiger partial charge on any atom is 0.272 e. The van der Waals surface area contributed by atoms with E-state index in [0.717, 1.165) is 11.1 Å². The summed E-state index contributed by atoms with van der Waals surface area (Å²) in [6.45, 7) is 5.13. The fourth-order valence-electron chi connectivity index (χ4n) is 3.17. The van der Waals surface area contributed by atoms with Gasteiger partial charge < -0.3 is 10.4 Å². The summed E-state index contributed by atoms with van der Waals surface area (Å²) >= 11 is 1.17. The molecule has 6 nitrogen and oxygen atoms in total. The van der Waals surface area contributed by atoms with Crippen molar-refractivity contribution in [2.75, 3.05) is 22.6 Å². The number of amides is 3. The Morgan fingerprint density at radius 1 is 1.07 bits per heavy atom. The molecule has 0 unspecified atom stereocenters. The van der Waals surface area contributed by atoms with E-state index in [1.54, 1.807) is 30.3 Å². The second-order valence-corrected chi connectivity index (χ2v) is 7.80. The Labute approximate surface area is 173 Å². The average Bonchev–Trinajstić information content (AvgIpc) is 2.92. The third kappa shape index (κ3) is 4.11. The minimum atomic E-state index is -0.392. The summed E-state index contributed by atoms with van der Waals surface area (Å²) in [5.74, 6) is -0.661. The summed E-state index contributed by atoms with van der Waals surface area (Å²) in [5, 5.41) is 11.9. The van der Waals surface area contributed by atoms with Gasteiger partial charge >= 0.3 is 0 Å². The largest absolute Gasteiger partial charge is 0.396 e. The molecule has 0 radical (unpaired) electrons. The Morgan fingerprint density at radius 3 is 2.38 bits per heavy atom. The van der Waals surface area contributed by atoms with E-state index in [9.17, 15) is 19.5 Å². The highest BCUT2D eigenvalue weighted by atomic mass is 32.2. The first-order valence-corrected chi connectivity index (χ1v) is 10.1. The molecule has 3 rings (SSSR count). The van der Waals surface area contributed by atoms with Crippen LogP contribution in [0.5, 0.6) is 0 Å². The van der Waals surface area contributed by atoms with Gasteiger partial charge in [0.2, 0.25) is 5.91 Å². The highest BCUT2D eigenvalue weighted by Crippen LogP contribution is 2.39. The summed E-state index contributed by atoms with van der Waals surface area (Å²) in [7, 11) is 0. The van der Waals surface area contributed by atoms with Gasteiger partial charge in [-0.25, -0.2) is 4.90 Å². The van der Waals surface area contributed by atoms with Crippen LogP contribution >= 0.6 is 11.8 Å². The molecular formula is C22H22N2O4S. The number of hydrogen-bond donors (Lipinski definition) is 2. The third-order valence-electron chi connectivity index (χ3n) is 4.69. The fourth-order valence-corrected chi connectivity index (χ4v) is 4.03. The molecule has 2 aromatic rings. The minimum absolute atomic E-state index is 0.103. The molecule has 29 heavy (non-hydrogen) atoms. The molecule has 0 saturated heterocycles. The van der Waals surface area contributed by atoms with Crippen molar-refractivity contribution in [1.82, 2.24) is 0 Å². The number of anilines is 2. The van der Waals surface area contributed by atoms with Gasteiger partial charge in [0.15, 0.2) is 0 Å². The number of aliphatic hydroxyl groups is 1. The first kappa shape index (κ1) is 20.8. The van der Waals surface area contributed by atoms with Crippen molar-refractivity contribution in [2.24, 2.45) is 0 Å². The topological polar surface area (TPSA) is 86.7 Å². The van der Waals surface area contributed by atoms with Crippen molar-refractivity contribution in [3.8, 4) is 0 Å². The number of benzene rings is 2. The van der Waals surface area contributed by atoms with E-state index >= 15 is 0 Å². The van der Waals surface area contributed by atoms with Crippen molar-refractivity contribution in [1.29, 1.82) is 0 Å². The second-order valence-electron chi connectivity index (χ2n) is 6.70. The Balaban J connectivity index is 2.05. The lowest BCUT2D eigenvalue weighted by Crippen LogP contribution is -2.32. The van der Waals surface area contributed by atoms with Gasteiger partial charge in [-0.1, -0.05) is 24.3 Å². The van der Waals surface area contributed by atoms with E-state index in [-0.39, 0.29) is 18.4 Å². The second kappa shape index (κ2) is 8.63. The Kier molecular flexibility index (Phi) is 6.20. The molecule has 0 spiro atoms. The zero-order valence-electron chi connectivity index (χ0n) is 16.5. The lowest BCUT2D eigenvalue weighted by Gasteiger charge is -2.19. The molecule has 0 fully saturated rings. The van der Waals surface area contributed by atoms with Crippen LogP contribution in [0.15, 0.2) is 47.4 Å². The normalized spacial score (nSPS) is 14.0. The van der Waals surface area contributed by atoms with Crippen molar-refractivity contribution in [2.45, 2.75) is 20.8 Å². The monoisotopic (exact) mass is 410 g/mol. The first-order valence-electron chi connectivity index (χ1n) is 9.16. The Bertz CT molecular complexity index is 1010. The van der Waals surface area contributed by atoms with Crippen LogP contribution in [0.25, 0.3) is 5.57 Å². The Hall–Kier alpha value is -2.90. The summed E-state index contributed by atoms with van der Waals surface area (Å²) in [4.78, 5) is 39.2. The summed E-state index contributed by atoms with van der Waals surface area (Å²) in [6, 6.07) is 12.3. The average molecular weight is 410 g/mol. The maximum absolute atomic E-state index is 13.3. The molecule has 2 N–H and O–H groups in total. The van der Waals surface area contributed by atoms with Gasteiger partial charge in [0.05, 0.1) is 22.8 Å². The molecule has 150 valence electrons. The molecule has 0 bridgehead atoms. The van der Waals surface area contributed by atoms with Gasteiger partial charge in [0.1, 0.15) is 0 Å². The van der Waals surface area contributed by atoms with Crippen LogP contribution in [0.1, 0.15) is 23.6 Å². The van der Waals surface area contributed by atoms with Crippen LogP contribution < -0.4 is 10.2 Å². The van der Waals surface area contributed by atoms with E-state index in [0.29, 0.717) is 33.2 Å². The number of nitrogens with zero attached hydrogens (tertiary/aromatic N) is 1. The first-order chi connectivity index (χ1) is 13.8. The van der Waals surface area contributed by atoms with E-state index in [4.69, 9.17) is 0 Å². The van der Waals surface area contributed by atoms with Gasteiger partial charge in [-0.15, -0.1) is 11.8 Å². The van der Waals surface area contributed by atoms with Crippen molar-refractivity contribution in [3.05, 3.63) is 64.1 Å². The number of thioether (sulfide) groups is 1. The van der Waals surface area contributed by atoms with Gasteiger partial charge in [-0.05, 0) is 48.7 Å². The number of nitrogens with one attached hydrogen (secondary N) is 1. The SMILES string of the molecule is CC(=O)Nc1ccc(C2=C(SCCO)C(=O)N(c3cccc(C)c3C)C2=O)cc1. The van der Waals surface area contributed by atoms with Gasteiger partial charge in [0.25, 0.3) is 11.8 Å². The number of carbonyl (C=O) groups excluding carboxylic acids is 3. The Morgan fingerprint density at radius 2 is 1.76 bits per heavy atom. The zero-order chi connectivity index (χ0) is 21.1. The molecule has 7 heteroatoms. The van der Waals surface area contributed by atoms with E-state index < -0.39 is 5.91 Å². The highest BCUT2D eigenvalue weighted by molar-refractivity contribution is 8.04. The number of imide groups is 1. The molecule has 1 heterocycles. The predicted molar refractivity (Wildman–Crippen MR) is 116 cm³/mol.